The highest BCUT2D eigenvalue weighted by molar-refractivity contribution is 7.80. The molecule has 0 saturated heterocycles. The first-order valence-electron chi connectivity index (χ1n) is 10.1. The van der Waals surface area contributed by atoms with Crippen molar-refractivity contribution < 1.29 is 30.0 Å². The van der Waals surface area contributed by atoms with Crippen LogP contribution in [0.3, 0.4) is 0 Å². The molecule has 0 unspecified atom stereocenters. The second kappa shape index (κ2) is 10.5. The van der Waals surface area contributed by atoms with E-state index in [1.165, 1.54) is 10.9 Å². The summed E-state index contributed by atoms with van der Waals surface area (Å²) in [5.41, 5.74) is 1.92. The van der Waals surface area contributed by atoms with Crippen molar-refractivity contribution in [2.24, 2.45) is 0 Å². The number of phenols is 3. The van der Waals surface area contributed by atoms with Crippen molar-refractivity contribution in [3.8, 4) is 23.0 Å². The summed E-state index contributed by atoms with van der Waals surface area (Å²) in [5, 5.41) is 37.7. The van der Waals surface area contributed by atoms with Crippen molar-refractivity contribution in [1.82, 2.24) is 0 Å². The quantitative estimate of drug-likeness (QED) is 0.228. The Balaban J connectivity index is 0.000000229. The first kappa shape index (κ1) is 24.3. The van der Waals surface area contributed by atoms with Gasteiger partial charge in [0.15, 0.2) is 17.2 Å². The van der Waals surface area contributed by atoms with E-state index in [1.54, 1.807) is 0 Å². The number of ether oxygens (including phenoxy) is 1. The van der Waals surface area contributed by atoms with Crippen molar-refractivity contribution in [3.05, 3.63) is 90.0 Å². The fourth-order valence-corrected chi connectivity index (χ4v) is 3.27. The van der Waals surface area contributed by atoms with Crippen molar-refractivity contribution in [1.29, 1.82) is 0 Å². The fourth-order valence-electron chi connectivity index (χ4n) is 3.07. The Morgan fingerprint density at radius 3 is 2.12 bits per heavy atom. The topological polar surface area (TPSA) is 110 Å². The van der Waals surface area contributed by atoms with Gasteiger partial charge in [0.1, 0.15) is 5.75 Å². The number of nitrogens with zero attached hydrogens (tertiary/aromatic N) is 1. The Bertz CT molecular complexity index is 1330. The van der Waals surface area contributed by atoms with Crippen LogP contribution in [0, 0.1) is 6.92 Å². The number of hydrogen-bond acceptors (Lipinski definition) is 6. The molecule has 174 valence electrons. The van der Waals surface area contributed by atoms with Gasteiger partial charge < -0.3 is 30.1 Å². The molecular weight excluding hydrogens is 454 g/mol. The lowest BCUT2D eigenvalue weighted by atomic mass is 10.1. The number of fused-ring (bicyclic) bond motifs is 1. The number of aryl methyl sites for hydroxylation is 1. The summed E-state index contributed by atoms with van der Waals surface area (Å²) in [6.45, 7) is 2.06. The predicted octanol–water partition coefficient (Wildman–Crippen LogP) is 5.45. The maximum atomic E-state index is 10.3. The third-order valence-electron chi connectivity index (χ3n) is 4.91. The Labute approximate surface area is 201 Å². The van der Waals surface area contributed by atoms with Crippen LogP contribution in [0.1, 0.15) is 15.9 Å². The highest BCUT2D eigenvalue weighted by Gasteiger charge is 2.12. The van der Waals surface area contributed by atoms with Gasteiger partial charge in [0, 0.05) is 12.7 Å². The average Bonchev–Trinajstić information content (AvgIpc) is 2.82. The number of rotatable bonds is 3. The lowest BCUT2D eigenvalue weighted by molar-refractivity contribution is 0.0696. The van der Waals surface area contributed by atoms with Crippen molar-refractivity contribution in [2.45, 2.75) is 6.92 Å². The summed E-state index contributed by atoms with van der Waals surface area (Å²) in [5.74, 6) is -2.58. The van der Waals surface area contributed by atoms with Crippen LogP contribution < -0.4 is 9.64 Å². The van der Waals surface area contributed by atoms with E-state index in [4.69, 9.17) is 37.4 Å². The number of phenolic OH excluding ortho intramolecular Hbond substituents is 3. The van der Waals surface area contributed by atoms with Crippen molar-refractivity contribution >= 4 is 39.8 Å². The van der Waals surface area contributed by atoms with Crippen molar-refractivity contribution in [2.75, 3.05) is 11.9 Å². The van der Waals surface area contributed by atoms with E-state index in [-0.39, 0.29) is 5.56 Å². The van der Waals surface area contributed by atoms with E-state index in [1.807, 2.05) is 54.4 Å². The zero-order valence-corrected chi connectivity index (χ0v) is 19.3. The van der Waals surface area contributed by atoms with Gasteiger partial charge in [-0.15, -0.1) is 0 Å². The smallest absolute Gasteiger partial charge is 0.335 e. The van der Waals surface area contributed by atoms with Gasteiger partial charge in [-0.3, -0.25) is 0 Å². The van der Waals surface area contributed by atoms with Crippen LogP contribution in [0.5, 0.6) is 23.0 Å². The maximum absolute atomic E-state index is 10.3. The third-order valence-corrected chi connectivity index (χ3v) is 5.26. The molecule has 0 fully saturated rings. The number of hydrogen-bond donors (Lipinski definition) is 4. The van der Waals surface area contributed by atoms with Crippen LogP contribution in [0.4, 0.5) is 5.69 Å². The van der Waals surface area contributed by atoms with E-state index in [0.717, 1.165) is 29.0 Å². The summed E-state index contributed by atoms with van der Waals surface area (Å²) >= 11 is 5.41. The molecule has 0 atom stereocenters. The Morgan fingerprint density at radius 2 is 1.50 bits per heavy atom. The molecule has 0 saturated carbocycles. The molecule has 0 heterocycles. The molecular formula is C26H23NO6S. The third kappa shape index (κ3) is 5.93. The standard InChI is InChI=1S/C19H17NOS.C7H6O5/c1-14-6-5-9-17(12-14)20(2)19(22)21-18-11-10-15-7-3-4-8-16(15)13-18;8-4-1-3(7(11)12)2-5(9)6(4)10/h3-13H,1-2H3;1-2,8-10H,(H,11,12). The minimum absolute atomic E-state index is 0.289. The zero-order valence-electron chi connectivity index (χ0n) is 18.5. The molecule has 4 rings (SSSR count). The number of thiocarbonyl (C=S) groups is 1. The lowest BCUT2D eigenvalue weighted by Gasteiger charge is -2.20. The molecule has 0 aliphatic rings. The summed E-state index contributed by atoms with van der Waals surface area (Å²) in [6.07, 6.45) is 0. The number of carboxylic acids is 1. The fraction of sp³-hybridized carbons (Fsp3) is 0.0769. The van der Waals surface area contributed by atoms with Crippen LogP contribution in [0.15, 0.2) is 78.9 Å². The van der Waals surface area contributed by atoms with Crippen LogP contribution >= 0.6 is 12.2 Å². The molecule has 0 aliphatic carbocycles. The van der Waals surface area contributed by atoms with Gasteiger partial charge in [-0.25, -0.2) is 4.79 Å². The van der Waals surface area contributed by atoms with Crippen LogP contribution in [0.25, 0.3) is 10.8 Å². The normalized spacial score (nSPS) is 10.2. The SMILES string of the molecule is Cc1cccc(N(C)C(=S)Oc2ccc3ccccc3c2)c1.O=C(O)c1cc(O)c(O)c(O)c1. The number of aromatic carboxylic acids is 1. The molecule has 4 aromatic carbocycles. The summed E-state index contributed by atoms with van der Waals surface area (Å²) in [6, 6.07) is 24.0. The zero-order chi connectivity index (χ0) is 24.8. The van der Waals surface area contributed by atoms with E-state index >= 15 is 0 Å². The second-order valence-corrected chi connectivity index (χ2v) is 7.79. The molecule has 0 spiro atoms. The minimum atomic E-state index is -1.29. The molecule has 34 heavy (non-hydrogen) atoms. The summed E-state index contributed by atoms with van der Waals surface area (Å²) < 4.78 is 5.84. The van der Waals surface area contributed by atoms with Gasteiger partial charge in [0.2, 0.25) is 0 Å². The molecule has 4 aromatic rings. The lowest BCUT2D eigenvalue weighted by Crippen LogP contribution is -2.29. The molecule has 0 bridgehead atoms. The van der Waals surface area contributed by atoms with E-state index in [0.29, 0.717) is 5.17 Å². The first-order chi connectivity index (χ1) is 16.2. The van der Waals surface area contributed by atoms with Gasteiger partial charge in [-0.1, -0.05) is 42.5 Å². The van der Waals surface area contributed by atoms with E-state index in [9.17, 15) is 4.79 Å². The average molecular weight is 478 g/mol. The summed E-state index contributed by atoms with van der Waals surface area (Å²) in [7, 11) is 1.91. The molecule has 4 N–H and O–H groups in total. The van der Waals surface area contributed by atoms with E-state index in [2.05, 4.69) is 31.2 Å². The summed E-state index contributed by atoms with van der Waals surface area (Å²) in [4.78, 5) is 12.2. The van der Waals surface area contributed by atoms with Crippen LogP contribution in [0.2, 0.25) is 0 Å². The minimum Gasteiger partial charge on any atom is -0.504 e. The second-order valence-electron chi connectivity index (χ2n) is 7.44. The van der Waals surface area contributed by atoms with Crippen molar-refractivity contribution in [3.63, 3.8) is 0 Å². The Hall–Kier alpha value is -4.30. The van der Waals surface area contributed by atoms with Gasteiger partial charge in [-0.2, -0.15) is 0 Å². The molecule has 0 aliphatic heterocycles. The van der Waals surface area contributed by atoms with Gasteiger partial charge in [0.05, 0.1) is 5.56 Å². The maximum Gasteiger partial charge on any atom is 0.335 e. The van der Waals surface area contributed by atoms with Crippen LogP contribution in [-0.2, 0) is 0 Å². The Kier molecular flexibility index (Phi) is 7.55. The molecule has 0 radical (unpaired) electrons. The molecule has 7 nitrogen and oxygen atoms in total. The first-order valence-corrected chi connectivity index (χ1v) is 10.6. The van der Waals surface area contributed by atoms with Gasteiger partial charge in [-0.05, 0) is 71.9 Å². The predicted molar refractivity (Wildman–Crippen MR) is 135 cm³/mol. The number of carboxylic acid groups (broad SMARTS) is 1. The van der Waals surface area contributed by atoms with Gasteiger partial charge >= 0.3 is 5.97 Å². The highest BCUT2D eigenvalue weighted by Crippen LogP contribution is 2.35. The number of carbonyl (C=O) groups is 1. The Morgan fingerprint density at radius 1 is 0.853 bits per heavy atom. The highest BCUT2D eigenvalue weighted by atomic mass is 32.1. The molecule has 0 amide bonds. The van der Waals surface area contributed by atoms with Gasteiger partial charge in [0.25, 0.3) is 5.17 Å². The number of benzene rings is 4. The monoisotopic (exact) mass is 477 g/mol. The number of aromatic hydroxyl groups is 3. The largest absolute Gasteiger partial charge is 0.504 e. The van der Waals surface area contributed by atoms with E-state index < -0.39 is 23.2 Å². The number of anilines is 1. The molecule has 8 heteroatoms. The van der Waals surface area contributed by atoms with Crippen LogP contribution in [-0.4, -0.2) is 38.6 Å². The molecule has 0 aromatic heterocycles.